The van der Waals surface area contributed by atoms with Gasteiger partial charge in [0.15, 0.2) is 5.13 Å². The lowest BCUT2D eigenvalue weighted by molar-refractivity contribution is 0.0189. The van der Waals surface area contributed by atoms with Crippen LogP contribution in [0.2, 0.25) is 0 Å². The van der Waals surface area contributed by atoms with Crippen molar-refractivity contribution in [2.75, 3.05) is 25.0 Å². The van der Waals surface area contributed by atoms with Crippen LogP contribution in [0, 0.1) is 5.92 Å². The number of thiazole rings is 1. The van der Waals surface area contributed by atoms with Gasteiger partial charge in [0.05, 0.1) is 21.9 Å². The fourth-order valence-corrected chi connectivity index (χ4v) is 5.61. The molecular formula is C20H26N4OS. The Morgan fingerprint density at radius 2 is 2.19 bits per heavy atom. The fourth-order valence-electron chi connectivity index (χ4n) is 4.70. The molecule has 138 valence electrons. The van der Waals surface area contributed by atoms with Gasteiger partial charge >= 0.3 is 0 Å². The summed E-state index contributed by atoms with van der Waals surface area (Å²) in [7, 11) is 0. The minimum absolute atomic E-state index is 0.184. The zero-order valence-electron chi connectivity index (χ0n) is 15.4. The molecule has 6 rings (SSSR count). The molecule has 0 unspecified atom stereocenters. The Morgan fingerprint density at radius 1 is 1.35 bits per heavy atom. The van der Waals surface area contributed by atoms with Crippen LogP contribution < -0.4 is 15.4 Å². The Labute approximate surface area is 158 Å². The SMILES string of the molecule is CC(C)Oc1ccc2nc(NC3=CC[C@@]4(CN5CCC4CC5)N3)sc2c1. The Bertz CT molecular complexity index is 853. The van der Waals surface area contributed by atoms with Crippen molar-refractivity contribution in [1.29, 1.82) is 0 Å². The van der Waals surface area contributed by atoms with Crippen molar-refractivity contribution in [1.82, 2.24) is 15.2 Å². The molecule has 0 radical (unpaired) electrons. The predicted octanol–water partition coefficient (Wildman–Crippen LogP) is 3.79. The Morgan fingerprint density at radius 3 is 2.92 bits per heavy atom. The lowest BCUT2D eigenvalue weighted by Gasteiger charge is -2.52. The van der Waals surface area contributed by atoms with Gasteiger partial charge in [-0.15, -0.1) is 0 Å². The molecule has 4 aliphatic rings. The number of ether oxygens (including phenoxy) is 1. The van der Waals surface area contributed by atoms with E-state index in [0.717, 1.165) is 39.3 Å². The van der Waals surface area contributed by atoms with E-state index in [0.29, 0.717) is 0 Å². The fraction of sp³-hybridized carbons (Fsp3) is 0.550. The first-order valence-corrected chi connectivity index (χ1v) is 10.5. The van der Waals surface area contributed by atoms with Crippen LogP contribution in [0.4, 0.5) is 5.13 Å². The van der Waals surface area contributed by atoms with Crippen LogP contribution in [0.5, 0.6) is 5.75 Å². The number of nitrogens with one attached hydrogen (secondary N) is 2. The molecule has 3 fully saturated rings. The molecule has 3 saturated heterocycles. The number of nitrogens with zero attached hydrogens (tertiary/aromatic N) is 2. The van der Waals surface area contributed by atoms with Crippen molar-refractivity contribution in [3.05, 3.63) is 30.1 Å². The van der Waals surface area contributed by atoms with E-state index in [1.54, 1.807) is 11.3 Å². The Kier molecular flexibility index (Phi) is 3.87. The second-order valence-corrected chi connectivity index (χ2v) is 9.12. The predicted molar refractivity (Wildman–Crippen MR) is 107 cm³/mol. The van der Waals surface area contributed by atoms with Crippen molar-refractivity contribution in [2.24, 2.45) is 5.92 Å². The molecule has 0 saturated carbocycles. The van der Waals surface area contributed by atoms with Crippen LogP contribution in [-0.4, -0.2) is 41.2 Å². The zero-order chi connectivity index (χ0) is 17.7. The number of hydrogen-bond acceptors (Lipinski definition) is 6. The van der Waals surface area contributed by atoms with Crippen molar-refractivity contribution in [2.45, 2.75) is 44.8 Å². The minimum atomic E-state index is 0.184. The molecule has 1 aromatic carbocycles. The number of rotatable bonds is 4. The number of benzene rings is 1. The van der Waals surface area contributed by atoms with Gasteiger partial charge < -0.3 is 20.3 Å². The third kappa shape index (κ3) is 2.85. The van der Waals surface area contributed by atoms with Crippen LogP contribution >= 0.6 is 11.3 Å². The third-order valence-corrected chi connectivity index (χ3v) is 6.84. The summed E-state index contributed by atoms with van der Waals surface area (Å²) in [5.74, 6) is 2.83. The van der Waals surface area contributed by atoms with Gasteiger partial charge in [-0.25, -0.2) is 4.98 Å². The molecule has 1 spiro atoms. The molecule has 1 aromatic heterocycles. The van der Waals surface area contributed by atoms with Gasteiger partial charge in [-0.3, -0.25) is 0 Å². The monoisotopic (exact) mass is 370 g/mol. The summed E-state index contributed by atoms with van der Waals surface area (Å²) < 4.78 is 6.95. The first-order valence-electron chi connectivity index (χ1n) is 9.65. The average molecular weight is 371 g/mol. The van der Waals surface area contributed by atoms with Gasteiger partial charge in [0.25, 0.3) is 0 Å². The van der Waals surface area contributed by atoms with Crippen molar-refractivity contribution < 1.29 is 4.74 Å². The van der Waals surface area contributed by atoms with E-state index in [-0.39, 0.29) is 11.6 Å². The van der Waals surface area contributed by atoms with Gasteiger partial charge in [0.1, 0.15) is 11.6 Å². The van der Waals surface area contributed by atoms with Crippen molar-refractivity contribution in [3.8, 4) is 5.75 Å². The number of piperidine rings is 3. The highest BCUT2D eigenvalue weighted by molar-refractivity contribution is 7.22. The van der Waals surface area contributed by atoms with E-state index in [9.17, 15) is 0 Å². The molecule has 4 aliphatic heterocycles. The van der Waals surface area contributed by atoms with Crippen LogP contribution in [0.3, 0.4) is 0 Å². The maximum Gasteiger partial charge on any atom is 0.189 e. The molecule has 6 heteroatoms. The maximum absolute atomic E-state index is 5.80. The smallest absolute Gasteiger partial charge is 0.189 e. The topological polar surface area (TPSA) is 49.4 Å². The van der Waals surface area contributed by atoms with Gasteiger partial charge in [-0.1, -0.05) is 11.3 Å². The van der Waals surface area contributed by atoms with Crippen molar-refractivity contribution >= 4 is 26.7 Å². The number of anilines is 1. The second-order valence-electron chi connectivity index (χ2n) is 8.09. The average Bonchev–Trinajstić information content (AvgIpc) is 3.19. The first kappa shape index (κ1) is 16.4. The Hall–Kier alpha value is -1.79. The molecule has 5 nitrogen and oxygen atoms in total. The number of hydrogen-bond donors (Lipinski definition) is 2. The molecular weight excluding hydrogens is 344 g/mol. The standard InChI is InChI=1S/C20H26N4OS/c1-13(2)25-15-3-4-16-17(11-15)26-19(21-16)22-18-5-8-20(23-18)12-24-9-6-14(20)7-10-24/h3-5,11,13-14,23H,6-10,12H2,1-2H3,(H,21,22)/t20-/m0/s1. The summed E-state index contributed by atoms with van der Waals surface area (Å²) in [5, 5.41) is 8.28. The molecule has 2 bridgehead atoms. The summed E-state index contributed by atoms with van der Waals surface area (Å²) in [5.41, 5.74) is 1.26. The quantitative estimate of drug-likeness (QED) is 0.857. The molecule has 2 N–H and O–H groups in total. The first-order chi connectivity index (χ1) is 12.6. The summed E-state index contributed by atoms with van der Waals surface area (Å²) in [6.07, 6.45) is 6.28. The summed E-state index contributed by atoms with van der Waals surface area (Å²) >= 11 is 1.68. The van der Waals surface area contributed by atoms with Gasteiger partial charge in [0.2, 0.25) is 0 Å². The van der Waals surface area contributed by atoms with Crippen molar-refractivity contribution in [3.63, 3.8) is 0 Å². The lowest BCUT2D eigenvalue weighted by atomic mass is 9.72. The van der Waals surface area contributed by atoms with E-state index in [1.807, 2.05) is 26.0 Å². The summed E-state index contributed by atoms with van der Waals surface area (Å²) in [4.78, 5) is 7.35. The zero-order valence-corrected chi connectivity index (χ0v) is 16.2. The Balaban J connectivity index is 1.31. The summed E-state index contributed by atoms with van der Waals surface area (Å²) in [6.45, 7) is 7.82. The van der Waals surface area contributed by atoms with E-state index in [1.165, 1.54) is 32.5 Å². The highest BCUT2D eigenvalue weighted by Crippen LogP contribution is 2.41. The molecule has 1 atom stereocenters. The van der Waals surface area contributed by atoms with E-state index in [4.69, 9.17) is 9.72 Å². The van der Waals surface area contributed by atoms with Crippen LogP contribution in [0.1, 0.15) is 33.1 Å². The molecule has 5 heterocycles. The lowest BCUT2D eigenvalue weighted by Crippen LogP contribution is -2.64. The highest BCUT2D eigenvalue weighted by atomic mass is 32.1. The minimum Gasteiger partial charge on any atom is -0.491 e. The maximum atomic E-state index is 5.80. The molecule has 2 aromatic rings. The molecule has 0 aliphatic carbocycles. The number of aromatic nitrogens is 1. The van der Waals surface area contributed by atoms with Gasteiger partial charge in [0, 0.05) is 6.54 Å². The van der Waals surface area contributed by atoms with E-state index in [2.05, 4.69) is 27.7 Å². The third-order valence-electron chi connectivity index (χ3n) is 5.90. The van der Waals surface area contributed by atoms with Crippen LogP contribution in [0.25, 0.3) is 10.2 Å². The largest absolute Gasteiger partial charge is 0.491 e. The number of fused-ring (bicyclic) bond motifs is 3. The van der Waals surface area contributed by atoms with Crippen LogP contribution in [-0.2, 0) is 0 Å². The van der Waals surface area contributed by atoms with E-state index >= 15 is 0 Å². The normalized spacial score (nSPS) is 30.0. The highest BCUT2D eigenvalue weighted by Gasteiger charge is 2.48. The van der Waals surface area contributed by atoms with Gasteiger partial charge in [-0.2, -0.15) is 0 Å². The van der Waals surface area contributed by atoms with Gasteiger partial charge in [-0.05, 0) is 76.4 Å². The second kappa shape index (κ2) is 6.13. The molecule has 0 amide bonds. The van der Waals surface area contributed by atoms with Crippen LogP contribution in [0.15, 0.2) is 30.1 Å². The molecule has 26 heavy (non-hydrogen) atoms. The van der Waals surface area contributed by atoms with E-state index < -0.39 is 0 Å². The summed E-state index contributed by atoms with van der Waals surface area (Å²) in [6, 6.07) is 6.13.